The minimum Gasteiger partial charge on any atom is -0.497 e. The van der Waals surface area contributed by atoms with Crippen LogP contribution in [0.15, 0.2) is 53.9 Å². The van der Waals surface area contributed by atoms with Gasteiger partial charge in [0.2, 0.25) is 0 Å². The number of aromatic nitrogens is 1. The monoisotopic (exact) mass is 352 g/mol. The van der Waals surface area contributed by atoms with Gasteiger partial charge in [0.05, 0.1) is 7.11 Å². The fourth-order valence-electron chi connectivity index (χ4n) is 2.23. The Labute approximate surface area is 149 Å². The van der Waals surface area contributed by atoms with Gasteiger partial charge in [0.1, 0.15) is 16.5 Å². The zero-order valence-corrected chi connectivity index (χ0v) is 14.6. The van der Waals surface area contributed by atoms with Crippen molar-refractivity contribution in [2.24, 2.45) is 0 Å². The molecule has 0 aliphatic heterocycles. The number of thiazole rings is 1. The molecule has 0 saturated heterocycles. The van der Waals surface area contributed by atoms with Crippen LogP contribution in [-0.2, 0) is 0 Å². The summed E-state index contributed by atoms with van der Waals surface area (Å²) < 4.78 is 5.14. The molecule has 0 bridgehead atoms. The van der Waals surface area contributed by atoms with E-state index in [0.29, 0.717) is 16.9 Å². The predicted octanol–water partition coefficient (Wildman–Crippen LogP) is 4.27. The molecule has 1 heterocycles. The Morgan fingerprint density at radius 3 is 2.32 bits per heavy atom. The molecule has 0 aliphatic rings. The molecule has 0 radical (unpaired) electrons. The number of nitrogens with zero attached hydrogens (tertiary/aromatic N) is 1. The first-order valence-corrected chi connectivity index (χ1v) is 8.47. The van der Waals surface area contributed by atoms with E-state index in [9.17, 15) is 9.59 Å². The van der Waals surface area contributed by atoms with Gasteiger partial charge in [0.15, 0.2) is 5.78 Å². The minimum atomic E-state index is -0.286. The van der Waals surface area contributed by atoms with Crippen LogP contribution in [0.1, 0.15) is 27.8 Å². The Morgan fingerprint density at radius 1 is 1.04 bits per heavy atom. The van der Waals surface area contributed by atoms with Crippen molar-refractivity contribution in [1.29, 1.82) is 0 Å². The summed E-state index contributed by atoms with van der Waals surface area (Å²) in [5.41, 5.74) is 2.50. The van der Waals surface area contributed by atoms with E-state index in [2.05, 4.69) is 10.3 Å². The van der Waals surface area contributed by atoms with Crippen LogP contribution in [0.4, 0.5) is 5.69 Å². The molecule has 25 heavy (non-hydrogen) atoms. The molecule has 2 aromatic carbocycles. The third-order valence-corrected chi connectivity index (χ3v) is 4.51. The summed E-state index contributed by atoms with van der Waals surface area (Å²) in [6.07, 6.45) is 0. The number of rotatable bonds is 5. The van der Waals surface area contributed by atoms with Gasteiger partial charge in [0.25, 0.3) is 5.91 Å². The number of Topliss-reactive ketones (excluding diaryl/α,β-unsaturated/α-hetero) is 1. The SMILES string of the molecule is COc1ccc(-c2nc(C(=O)Nc3ccc(C(C)=O)cc3)cs2)cc1. The highest BCUT2D eigenvalue weighted by Crippen LogP contribution is 2.26. The highest BCUT2D eigenvalue weighted by molar-refractivity contribution is 7.13. The Morgan fingerprint density at radius 2 is 1.72 bits per heavy atom. The lowest BCUT2D eigenvalue weighted by molar-refractivity contribution is 0.101. The number of nitrogens with one attached hydrogen (secondary N) is 1. The van der Waals surface area contributed by atoms with Crippen molar-refractivity contribution in [2.75, 3.05) is 12.4 Å². The smallest absolute Gasteiger partial charge is 0.275 e. The van der Waals surface area contributed by atoms with Crippen LogP contribution in [0.5, 0.6) is 5.75 Å². The molecule has 0 unspecified atom stereocenters. The highest BCUT2D eigenvalue weighted by atomic mass is 32.1. The van der Waals surface area contributed by atoms with Crippen LogP contribution in [0.2, 0.25) is 0 Å². The molecule has 1 N–H and O–H groups in total. The van der Waals surface area contributed by atoms with E-state index in [1.54, 1.807) is 36.8 Å². The summed E-state index contributed by atoms with van der Waals surface area (Å²) in [6.45, 7) is 1.50. The van der Waals surface area contributed by atoms with Crippen LogP contribution in [0.3, 0.4) is 0 Å². The topological polar surface area (TPSA) is 68.3 Å². The average molecular weight is 352 g/mol. The van der Waals surface area contributed by atoms with E-state index in [-0.39, 0.29) is 11.7 Å². The maximum absolute atomic E-state index is 12.3. The molecule has 0 aliphatic carbocycles. The van der Waals surface area contributed by atoms with Crippen molar-refractivity contribution in [3.05, 3.63) is 65.2 Å². The molecule has 0 atom stereocenters. The number of carbonyl (C=O) groups excluding carboxylic acids is 2. The molecule has 0 saturated carbocycles. The third kappa shape index (κ3) is 3.92. The Kier molecular flexibility index (Phi) is 4.90. The summed E-state index contributed by atoms with van der Waals surface area (Å²) >= 11 is 1.40. The molecule has 0 spiro atoms. The normalized spacial score (nSPS) is 10.3. The van der Waals surface area contributed by atoms with E-state index in [0.717, 1.165) is 16.3 Å². The lowest BCUT2D eigenvalue weighted by Crippen LogP contribution is -2.12. The van der Waals surface area contributed by atoms with Crippen LogP contribution < -0.4 is 10.1 Å². The molecule has 1 amide bonds. The molecular formula is C19H16N2O3S. The summed E-state index contributed by atoms with van der Waals surface area (Å²) in [6, 6.07) is 14.3. The maximum Gasteiger partial charge on any atom is 0.275 e. The van der Waals surface area contributed by atoms with E-state index < -0.39 is 0 Å². The van der Waals surface area contributed by atoms with Crippen LogP contribution in [0.25, 0.3) is 10.6 Å². The number of ketones is 1. The second-order valence-electron chi connectivity index (χ2n) is 5.35. The lowest BCUT2D eigenvalue weighted by atomic mass is 10.1. The number of methoxy groups -OCH3 is 1. The number of hydrogen-bond acceptors (Lipinski definition) is 5. The van der Waals surface area contributed by atoms with Gasteiger partial charge in [0, 0.05) is 22.2 Å². The van der Waals surface area contributed by atoms with Gasteiger partial charge in [-0.15, -0.1) is 11.3 Å². The number of benzene rings is 2. The Hall–Kier alpha value is -2.99. The van der Waals surface area contributed by atoms with Crippen LogP contribution in [-0.4, -0.2) is 23.8 Å². The third-order valence-electron chi connectivity index (χ3n) is 3.62. The zero-order valence-electron chi connectivity index (χ0n) is 13.8. The standard InChI is InChI=1S/C19H16N2O3S/c1-12(22)13-3-7-15(8-4-13)20-18(23)17-11-25-19(21-17)14-5-9-16(24-2)10-6-14/h3-11H,1-2H3,(H,20,23). The van der Waals surface area contributed by atoms with Crippen molar-refractivity contribution in [3.63, 3.8) is 0 Å². The van der Waals surface area contributed by atoms with Crippen LogP contribution >= 0.6 is 11.3 Å². The summed E-state index contributed by atoms with van der Waals surface area (Å²) in [5, 5.41) is 5.27. The number of amides is 1. The van der Waals surface area contributed by atoms with Gasteiger partial charge in [-0.05, 0) is 55.5 Å². The van der Waals surface area contributed by atoms with Gasteiger partial charge in [-0.2, -0.15) is 0 Å². The van der Waals surface area contributed by atoms with E-state index in [1.807, 2.05) is 24.3 Å². The summed E-state index contributed by atoms with van der Waals surface area (Å²) in [7, 11) is 1.61. The first-order chi connectivity index (χ1) is 12.1. The lowest BCUT2D eigenvalue weighted by Gasteiger charge is -2.04. The van der Waals surface area contributed by atoms with Crippen molar-refractivity contribution in [2.45, 2.75) is 6.92 Å². The molecule has 5 nitrogen and oxygen atoms in total. The maximum atomic E-state index is 12.3. The van der Waals surface area contributed by atoms with Crippen LogP contribution in [0, 0.1) is 0 Å². The summed E-state index contributed by atoms with van der Waals surface area (Å²) in [4.78, 5) is 28.0. The largest absolute Gasteiger partial charge is 0.497 e. The predicted molar refractivity (Wildman–Crippen MR) is 98.5 cm³/mol. The number of anilines is 1. The Balaban J connectivity index is 1.72. The number of hydrogen-bond donors (Lipinski definition) is 1. The number of ether oxygens (including phenoxy) is 1. The van der Waals surface area contributed by atoms with Gasteiger partial charge in [-0.1, -0.05) is 0 Å². The molecule has 3 rings (SSSR count). The van der Waals surface area contributed by atoms with E-state index in [4.69, 9.17) is 4.74 Å². The quantitative estimate of drug-likeness (QED) is 0.696. The van der Waals surface area contributed by atoms with Gasteiger partial charge >= 0.3 is 0 Å². The fourth-order valence-corrected chi connectivity index (χ4v) is 3.03. The second-order valence-corrected chi connectivity index (χ2v) is 6.21. The summed E-state index contributed by atoms with van der Waals surface area (Å²) in [5.74, 6) is 0.473. The first kappa shape index (κ1) is 16.9. The van der Waals surface area contributed by atoms with Crippen molar-refractivity contribution >= 4 is 28.7 Å². The van der Waals surface area contributed by atoms with Gasteiger partial charge in [-0.3, -0.25) is 9.59 Å². The van der Waals surface area contributed by atoms with Gasteiger partial charge in [-0.25, -0.2) is 4.98 Å². The molecular weight excluding hydrogens is 336 g/mol. The average Bonchev–Trinajstić information content (AvgIpc) is 3.12. The fraction of sp³-hybridized carbons (Fsp3) is 0.105. The molecule has 1 aromatic heterocycles. The molecule has 0 fully saturated rings. The highest BCUT2D eigenvalue weighted by Gasteiger charge is 2.12. The first-order valence-electron chi connectivity index (χ1n) is 7.59. The molecule has 6 heteroatoms. The minimum absolute atomic E-state index is 0.0125. The molecule has 126 valence electrons. The second kappa shape index (κ2) is 7.27. The zero-order chi connectivity index (χ0) is 17.8. The van der Waals surface area contributed by atoms with E-state index in [1.165, 1.54) is 18.3 Å². The van der Waals surface area contributed by atoms with Crippen molar-refractivity contribution in [1.82, 2.24) is 4.98 Å². The Bertz CT molecular complexity index is 899. The van der Waals surface area contributed by atoms with Crippen molar-refractivity contribution in [3.8, 4) is 16.3 Å². The molecule has 3 aromatic rings. The van der Waals surface area contributed by atoms with E-state index >= 15 is 0 Å². The number of carbonyl (C=O) groups is 2. The van der Waals surface area contributed by atoms with Crippen molar-refractivity contribution < 1.29 is 14.3 Å². The van der Waals surface area contributed by atoms with Gasteiger partial charge < -0.3 is 10.1 Å².